The average Bonchev–Trinajstić information content (AvgIpc) is 2.72. The number of hydrogen-bond donors (Lipinski definition) is 2. The van der Waals surface area contributed by atoms with Crippen LogP contribution in [-0.4, -0.2) is 46.7 Å². The van der Waals surface area contributed by atoms with Gasteiger partial charge in [-0.05, 0) is 57.2 Å². The van der Waals surface area contributed by atoms with Gasteiger partial charge in [-0.1, -0.05) is 11.6 Å². The summed E-state index contributed by atoms with van der Waals surface area (Å²) in [6, 6.07) is 8.09. The minimum Gasteiger partial charge on any atom is -0.493 e. The summed E-state index contributed by atoms with van der Waals surface area (Å²) < 4.78 is 42.3. The van der Waals surface area contributed by atoms with Gasteiger partial charge in [-0.2, -0.15) is 0 Å². The fourth-order valence-electron chi connectivity index (χ4n) is 2.66. The van der Waals surface area contributed by atoms with Crippen LogP contribution in [0.15, 0.2) is 41.3 Å². The zero-order chi connectivity index (χ0) is 24.1. The molecule has 0 aliphatic heterocycles. The van der Waals surface area contributed by atoms with Crippen molar-refractivity contribution in [2.75, 3.05) is 19.5 Å². The zero-order valence-corrected chi connectivity index (χ0v) is 19.8. The van der Waals surface area contributed by atoms with Gasteiger partial charge in [0.25, 0.3) is 5.91 Å². The lowest BCUT2D eigenvalue weighted by atomic mass is 10.2. The van der Waals surface area contributed by atoms with Gasteiger partial charge in [0.1, 0.15) is 0 Å². The van der Waals surface area contributed by atoms with Crippen molar-refractivity contribution in [2.45, 2.75) is 37.8 Å². The molecule has 1 unspecified atom stereocenters. The van der Waals surface area contributed by atoms with E-state index in [1.54, 1.807) is 13.8 Å². The largest absolute Gasteiger partial charge is 0.493 e. The third-order valence-corrected chi connectivity index (χ3v) is 6.10. The van der Waals surface area contributed by atoms with E-state index in [9.17, 15) is 18.0 Å². The molecule has 0 saturated heterocycles. The highest BCUT2D eigenvalue weighted by Crippen LogP contribution is 2.36. The van der Waals surface area contributed by atoms with E-state index < -0.39 is 28.0 Å². The molecule has 1 amide bonds. The van der Waals surface area contributed by atoms with Crippen molar-refractivity contribution >= 4 is 39.2 Å². The number of sulfonamides is 1. The summed E-state index contributed by atoms with van der Waals surface area (Å²) in [6.07, 6.45) is -1.14. The minimum absolute atomic E-state index is 0.0639. The Balaban J connectivity index is 2.06. The van der Waals surface area contributed by atoms with Crippen molar-refractivity contribution in [1.82, 2.24) is 4.72 Å². The summed E-state index contributed by atoms with van der Waals surface area (Å²) in [5.41, 5.74) is 0.426. The molecule has 0 aliphatic rings. The molecule has 2 aromatic rings. The molecule has 1 atom stereocenters. The quantitative estimate of drug-likeness (QED) is 0.524. The van der Waals surface area contributed by atoms with Crippen LogP contribution in [0.1, 0.15) is 31.1 Å². The predicted molar refractivity (Wildman–Crippen MR) is 120 cm³/mol. The minimum atomic E-state index is -3.64. The summed E-state index contributed by atoms with van der Waals surface area (Å²) in [4.78, 5) is 24.9. The van der Waals surface area contributed by atoms with E-state index in [2.05, 4.69) is 10.0 Å². The van der Waals surface area contributed by atoms with E-state index >= 15 is 0 Å². The normalized spacial score (nSPS) is 12.2. The molecule has 0 spiro atoms. The van der Waals surface area contributed by atoms with Gasteiger partial charge >= 0.3 is 5.97 Å². The molecule has 0 aliphatic carbocycles. The van der Waals surface area contributed by atoms with E-state index in [-0.39, 0.29) is 33.0 Å². The van der Waals surface area contributed by atoms with E-state index in [0.717, 1.165) is 0 Å². The Bertz CT molecular complexity index is 1090. The number of carbonyl (C=O) groups is 2. The predicted octanol–water partition coefficient (Wildman–Crippen LogP) is 3.23. The Morgan fingerprint density at radius 2 is 1.62 bits per heavy atom. The molecule has 32 heavy (non-hydrogen) atoms. The lowest BCUT2D eigenvalue weighted by molar-refractivity contribution is -0.123. The van der Waals surface area contributed by atoms with Crippen molar-refractivity contribution < 1.29 is 32.2 Å². The molecular weight excluding hydrogens is 460 g/mol. The van der Waals surface area contributed by atoms with E-state index in [1.165, 1.54) is 57.5 Å². The van der Waals surface area contributed by atoms with Crippen LogP contribution in [-0.2, 0) is 19.6 Å². The van der Waals surface area contributed by atoms with Crippen LogP contribution < -0.4 is 19.5 Å². The third-order valence-electron chi connectivity index (χ3n) is 4.15. The van der Waals surface area contributed by atoms with Gasteiger partial charge in [-0.15, -0.1) is 0 Å². The summed E-state index contributed by atoms with van der Waals surface area (Å²) >= 11 is 6.10. The molecule has 0 saturated carbocycles. The molecule has 0 fully saturated rings. The van der Waals surface area contributed by atoms with E-state index in [4.69, 9.17) is 25.8 Å². The topological polar surface area (TPSA) is 120 Å². The molecule has 0 bridgehead atoms. The highest BCUT2D eigenvalue weighted by molar-refractivity contribution is 7.89. The number of nitrogens with one attached hydrogen (secondary N) is 2. The fraction of sp³-hybridized carbons (Fsp3) is 0.333. The first-order valence-corrected chi connectivity index (χ1v) is 11.4. The zero-order valence-electron chi connectivity index (χ0n) is 18.3. The number of carbonyl (C=O) groups excluding carboxylic acids is 2. The van der Waals surface area contributed by atoms with Gasteiger partial charge < -0.3 is 19.5 Å². The number of halogens is 1. The van der Waals surface area contributed by atoms with Crippen LogP contribution >= 0.6 is 11.6 Å². The Morgan fingerprint density at radius 3 is 2.16 bits per heavy atom. The standard InChI is InChI=1S/C21H25ClN2O7S/c1-12(2)24-32(27,28)16-8-6-15(7-9-16)23-20(25)13(3)31-21(26)14-10-17(22)19(30-5)18(11-14)29-4/h6-13,24H,1-5H3,(H,23,25). The van der Waals surface area contributed by atoms with Crippen molar-refractivity contribution in [1.29, 1.82) is 0 Å². The summed E-state index contributed by atoms with van der Waals surface area (Å²) in [5, 5.41) is 2.72. The van der Waals surface area contributed by atoms with E-state index in [1.807, 2.05) is 0 Å². The molecule has 2 rings (SSSR count). The Hall–Kier alpha value is -2.82. The van der Waals surface area contributed by atoms with Crippen LogP contribution in [0.3, 0.4) is 0 Å². The first kappa shape index (κ1) is 25.4. The van der Waals surface area contributed by atoms with Crippen LogP contribution in [0.4, 0.5) is 5.69 Å². The monoisotopic (exact) mass is 484 g/mol. The number of benzene rings is 2. The SMILES string of the molecule is COc1cc(C(=O)OC(C)C(=O)Nc2ccc(S(=O)(=O)NC(C)C)cc2)cc(Cl)c1OC. The van der Waals surface area contributed by atoms with Gasteiger partial charge in [-0.25, -0.2) is 17.9 Å². The maximum Gasteiger partial charge on any atom is 0.339 e. The number of hydrogen-bond acceptors (Lipinski definition) is 7. The van der Waals surface area contributed by atoms with Gasteiger partial charge in [0.05, 0.1) is 29.7 Å². The molecular formula is C21H25ClN2O7S. The van der Waals surface area contributed by atoms with Gasteiger partial charge in [-0.3, -0.25) is 4.79 Å². The van der Waals surface area contributed by atoms with Crippen LogP contribution in [0.25, 0.3) is 0 Å². The first-order valence-electron chi connectivity index (χ1n) is 9.54. The average molecular weight is 485 g/mol. The van der Waals surface area contributed by atoms with Crippen LogP contribution in [0, 0.1) is 0 Å². The maximum atomic E-state index is 12.4. The molecule has 9 nitrogen and oxygen atoms in total. The second kappa shape index (κ2) is 10.7. The molecule has 2 N–H and O–H groups in total. The van der Waals surface area contributed by atoms with Crippen molar-refractivity contribution in [2.24, 2.45) is 0 Å². The number of rotatable bonds is 9. The fourth-order valence-corrected chi connectivity index (χ4v) is 4.20. The Labute approximate surface area is 192 Å². The van der Waals surface area contributed by atoms with Gasteiger partial charge in [0.2, 0.25) is 10.0 Å². The second-order valence-corrected chi connectivity index (χ2v) is 9.15. The number of methoxy groups -OCH3 is 2. The molecule has 0 heterocycles. The van der Waals surface area contributed by atoms with Crippen molar-refractivity contribution in [3.63, 3.8) is 0 Å². The lowest BCUT2D eigenvalue weighted by Crippen LogP contribution is -2.30. The Morgan fingerprint density at radius 1 is 1.00 bits per heavy atom. The van der Waals surface area contributed by atoms with Crippen molar-refractivity contribution in [3.8, 4) is 11.5 Å². The maximum absolute atomic E-state index is 12.4. The summed E-state index contributed by atoms with van der Waals surface area (Å²) in [5.74, 6) is -0.867. The molecule has 11 heteroatoms. The molecule has 0 aromatic heterocycles. The highest BCUT2D eigenvalue weighted by Gasteiger charge is 2.22. The summed E-state index contributed by atoms with van der Waals surface area (Å²) in [6.45, 7) is 4.83. The highest BCUT2D eigenvalue weighted by atomic mass is 35.5. The number of amides is 1. The second-order valence-electron chi connectivity index (χ2n) is 7.03. The molecule has 2 aromatic carbocycles. The van der Waals surface area contributed by atoms with Gasteiger partial charge in [0, 0.05) is 11.7 Å². The van der Waals surface area contributed by atoms with Crippen LogP contribution in [0.2, 0.25) is 5.02 Å². The van der Waals surface area contributed by atoms with Crippen LogP contribution in [0.5, 0.6) is 11.5 Å². The Kier molecular flexibility index (Phi) is 8.48. The first-order chi connectivity index (χ1) is 15.0. The lowest BCUT2D eigenvalue weighted by Gasteiger charge is -2.15. The number of anilines is 1. The third kappa shape index (κ3) is 6.35. The number of esters is 1. The van der Waals surface area contributed by atoms with Gasteiger partial charge in [0.15, 0.2) is 17.6 Å². The summed E-state index contributed by atoms with van der Waals surface area (Å²) in [7, 11) is -0.833. The molecule has 174 valence electrons. The smallest absolute Gasteiger partial charge is 0.339 e. The van der Waals surface area contributed by atoms with Crippen molar-refractivity contribution in [3.05, 3.63) is 47.0 Å². The number of ether oxygens (including phenoxy) is 3. The molecule has 0 radical (unpaired) electrons. The van der Waals surface area contributed by atoms with E-state index in [0.29, 0.717) is 5.69 Å².